The summed E-state index contributed by atoms with van der Waals surface area (Å²) in [5.74, 6) is 0.0279. The van der Waals surface area contributed by atoms with E-state index in [4.69, 9.17) is 0 Å². The van der Waals surface area contributed by atoms with Gasteiger partial charge in [0.05, 0.1) is 6.04 Å². The first-order valence-corrected chi connectivity index (χ1v) is 7.49. The zero-order valence-corrected chi connectivity index (χ0v) is 12.0. The molecule has 0 aliphatic rings. The topological polar surface area (TPSA) is 46.2 Å². The third-order valence-electron chi connectivity index (χ3n) is 3.14. The molecule has 0 aromatic rings. The number of carbonyl (C=O) groups is 2. The number of carbonyl (C=O) groups excluding carboxylic acids is 2. The average molecular weight is 255 g/mol. The third-order valence-corrected chi connectivity index (χ3v) is 3.14. The van der Waals surface area contributed by atoms with Gasteiger partial charge in [-0.15, -0.1) is 0 Å². The van der Waals surface area contributed by atoms with Crippen LogP contribution in [0.15, 0.2) is 0 Å². The summed E-state index contributed by atoms with van der Waals surface area (Å²) < 4.78 is 0. The highest BCUT2D eigenvalue weighted by molar-refractivity contribution is 5.79. The van der Waals surface area contributed by atoms with Crippen molar-refractivity contribution in [2.75, 3.05) is 0 Å². The normalized spacial score (nSPS) is 12.1. The highest BCUT2D eigenvalue weighted by atomic mass is 16.2. The Morgan fingerprint density at radius 3 is 2.22 bits per heavy atom. The molecule has 0 saturated carbocycles. The molecule has 0 aliphatic carbocycles. The Balaban J connectivity index is 3.59. The van der Waals surface area contributed by atoms with Crippen molar-refractivity contribution >= 4 is 12.2 Å². The molecule has 1 amide bonds. The van der Waals surface area contributed by atoms with E-state index < -0.39 is 0 Å². The van der Waals surface area contributed by atoms with E-state index in [1.165, 1.54) is 19.3 Å². The van der Waals surface area contributed by atoms with Crippen LogP contribution >= 0.6 is 0 Å². The molecule has 0 aliphatic heterocycles. The van der Waals surface area contributed by atoms with Gasteiger partial charge in [0.15, 0.2) is 0 Å². The van der Waals surface area contributed by atoms with Crippen molar-refractivity contribution < 1.29 is 9.59 Å². The van der Waals surface area contributed by atoms with Crippen LogP contribution < -0.4 is 5.32 Å². The first kappa shape index (κ1) is 17.1. The van der Waals surface area contributed by atoms with Gasteiger partial charge >= 0.3 is 0 Å². The van der Waals surface area contributed by atoms with Gasteiger partial charge in [-0.1, -0.05) is 58.8 Å². The summed E-state index contributed by atoms with van der Waals surface area (Å²) in [6.45, 7) is 4.31. The molecular weight excluding hydrogens is 226 g/mol. The summed E-state index contributed by atoms with van der Waals surface area (Å²) in [6, 6.07) is -0.278. The monoisotopic (exact) mass is 255 g/mol. The van der Waals surface area contributed by atoms with Crippen molar-refractivity contribution in [3.63, 3.8) is 0 Å². The van der Waals surface area contributed by atoms with Crippen LogP contribution in [-0.2, 0) is 9.59 Å². The molecule has 0 fully saturated rings. The predicted molar refractivity (Wildman–Crippen MR) is 75.5 cm³/mol. The number of amides is 1. The molecular formula is C15H29NO2. The average Bonchev–Trinajstić information content (AvgIpc) is 2.37. The van der Waals surface area contributed by atoms with Crippen LogP contribution in [0.5, 0.6) is 0 Å². The Hall–Kier alpha value is -0.860. The fourth-order valence-electron chi connectivity index (χ4n) is 1.96. The number of aldehydes is 1. The van der Waals surface area contributed by atoms with Gasteiger partial charge in [0, 0.05) is 6.42 Å². The van der Waals surface area contributed by atoms with Crippen LogP contribution in [-0.4, -0.2) is 18.2 Å². The highest BCUT2D eigenvalue weighted by Crippen LogP contribution is 2.06. The van der Waals surface area contributed by atoms with Crippen molar-refractivity contribution in [1.29, 1.82) is 0 Å². The second-order valence-corrected chi connectivity index (χ2v) is 4.97. The summed E-state index contributed by atoms with van der Waals surface area (Å²) in [4.78, 5) is 22.4. The van der Waals surface area contributed by atoms with E-state index in [1.54, 1.807) is 0 Å². The van der Waals surface area contributed by atoms with E-state index in [0.29, 0.717) is 6.42 Å². The van der Waals surface area contributed by atoms with Crippen LogP contribution in [0.4, 0.5) is 0 Å². The molecule has 3 nitrogen and oxygen atoms in total. The van der Waals surface area contributed by atoms with Crippen molar-refractivity contribution in [3.05, 3.63) is 0 Å². The quantitative estimate of drug-likeness (QED) is 0.428. The van der Waals surface area contributed by atoms with Gasteiger partial charge in [0.2, 0.25) is 5.91 Å². The Labute approximate surface area is 112 Å². The number of hydrogen-bond acceptors (Lipinski definition) is 2. The molecule has 1 unspecified atom stereocenters. The molecule has 0 rings (SSSR count). The zero-order chi connectivity index (χ0) is 13.6. The van der Waals surface area contributed by atoms with Gasteiger partial charge in [0.1, 0.15) is 6.29 Å². The molecule has 0 bridgehead atoms. The van der Waals surface area contributed by atoms with Crippen LogP contribution in [0, 0.1) is 0 Å². The Morgan fingerprint density at radius 1 is 1.00 bits per heavy atom. The van der Waals surface area contributed by atoms with Crippen LogP contribution in [0.25, 0.3) is 0 Å². The minimum Gasteiger partial charge on any atom is -0.347 e. The summed E-state index contributed by atoms with van der Waals surface area (Å²) in [5, 5.41) is 2.81. The smallest absolute Gasteiger partial charge is 0.220 e. The maximum absolute atomic E-state index is 11.6. The van der Waals surface area contributed by atoms with E-state index in [2.05, 4.69) is 19.2 Å². The van der Waals surface area contributed by atoms with Crippen molar-refractivity contribution in [1.82, 2.24) is 5.32 Å². The first-order valence-electron chi connectivity index (χ1n) is 7.49. The lowest BCUT2D eigenvalue weighted by molar-refractivity contribution is -0.124. The van der Waals surface area contributed by atoms with Crippen molar-refractivity contribution in [2.24, 2.45) is 0 Å². The minimum atomic E-state index is -0.278. The van der Waals surface area contributed by atoms with Gasteiger partial charge in [0.25, 0.3) is 0 Å². The number of hydrogen-bond donors (Lipinski definition) is 1. The summed E-state index contributed by atoms with van der Waals surface area (Å²) in [7, 11) is 0. The number of rotatable bonds is 12. The molecule has 0 spiro atoms. The summed E-state index contributed by atoms with van der Waals surface area (Å²) in [6.07, 6.45) is 11.2. The van der Waals surface area contributed by atoms with Crippen LogP contribution in [0.2, 0.25) is 0 Å². The maximum atomic E-state index is 11.6. The Bertz CT molecular complexity index is 217. The third kappa shape index (κ3) is 10.3. The molecule has 3 heteroatoms. The molecule has 106 valence electrons. The van der Waals surface area contributed by atoms with Crippen LogP contribution in [0.1, 0.15) is 78.1 Å². The SMILES string of the molecule is CCCCCCCC(=O)NC(C=O)CCCCC. The minimum absolute atomic E-state index is 0.0279. The number of unbranched alkanes of at least 4 members (excludes halogenated alkanes) is 6. The second kappa shape index (κ2) is 12.6. The molecule has 0 heterocycles. The fourth-order valence-corrected chi connectivity index (χ4v) is 1.96. The predicted octanol–water partition coefficient (Wildman–Crippen LogP) is 3.61. The van der Waals surface area contributed by atoms with E-state index in [9.17, 15) is 9.59 Å². The van der Waals surface area contributed by atoms with Crippen molar-refractivity contribution in [3.8, 4) is 0 Å². The van der Waals surface area contributed by atoms with Gasteiger partial charge in [-0.25, -0.2) is 0 Å². The van der Waals surface area contributed by atoms with E-state index >= 15 is 0 Å². The number of nitrogens with one attached hydrogen (secondary N) is 1. The lowest BCUT2D eigenvalue weighted by atomic mass is 10.1. The summed E-state index contributed by atoms with van der Waals surface area (Å²) >= 11 is 0. The zero-order valence-electron chi connectivity index (χ0n) is 12.0. The Morgan fingerprint density at radius 2 is 1.61 bits per heavy atom. The molecule has 1 N–H and O–H groups in total. The second-order valence-electron chi connectivity index (χ2n) is 4.97. The molecule has 18 heavy (non-hydrogen) atoms. The van der Waals surface area contributed by atoms with Gasteiger partial charge in [-0.3, -0.25) is 4.79 Å². The first-order chi connectivity index (χ1) is 8.74. The van der Waals surface area contributed by atoms with Crippen molar-refractivity contribution in [2.45, 2.75) is 84.1 Å². The maximum Gasteiger partial charge on any atom is 0.220 e. The van der Waals surface area contributed by atoms with Gasteiger partial charge in [-0.2, -0.15) is 0 Å². The molecule has 1 atom stereocenters. The standard InChI is InChI=1S/C15H29NO2/c1-3-5-7-8-10-12-15(18)16-14(13-17)11-9-6-4-2/h13-14H,3-12H2,1-2H3,(H,16,18). The fraction of sp³-hybridized carbons (Fsp3) is 0.867. The van der Waals surface area contributed by atoms with E-state index in [0.717, 1.165) is 44.8 Å². The van der Waals surface area contributed by atoms with Crippen LogP contribution in [0.3, 0.4) is 0 Å². The lowest BCUT2D eigenvalue weighted by Gasteiger charge is -2.12. The molecule has 0 saturated heterocycles. The van der Waals surface area contributed by atoms with Gasteiger partial charge < -0.3 is 10.1 Å². The van der Waals surface area contributed by atoms with Gasteiger partial charge in [-0.05, 0) is 12.8 Å². The highest BCUT2D eigenvalue weighted by Gasteiger charge is 2.10. The molecule has 0 aromatic carbocycles. The molecule has 0 radical (unpaired) electrons. The largest absolute Gasteiger partial charge is 0.347 e. The van der Waals surface area contributed by atoms with E-state index in [1.807, 2.05) is 0 Å². The molecule has 0 aromatic heterocycles. The van der Waals surface area contributed by atoms with E-state index in [-0.39, 0.29) is 11.9 Å². The summed E-state index contributed by atoms with van der Waals surface area (Å²) in [5.41, 5.74) is 0. The lowest BCUT2D eigenvalue weighted by Crippen LogP contribution is -2.35. The Kier molecular flexibility index (Phi) is 12.0.